The first-order valence-corrected chi connectivity index (χ1v) is 7.74. The molecule has 1 aliphatic carbocycles. The number of esters is 1. The van der Waals surface area contributed by atoms with E-state index >= 15 is 0 Å². The van der Waals surface area contributed by atoms with Crippen molar-refractivity contribution in [2.24, 2.45) is 5.92 Å². The number of nitrogens with zero attached hydrogens (tertiary/aromatic N) is 1. The molecule has 5 nitrogen and oxygen atoms in total. The number of rotatable bonds is 5. The fourth-order valence-electron chi connectivity index (χ4n) is 2.91. The van der Waals surface area contributed by atoms with Gasteiger partial charge < -0.3 is 10.1 Å². The summed E-state index contributed by atoms with van der Waals surface area (Å²) >= 11 is 0. The molecule has 122 valence electrons. The van der Waals surface area contributed by atoms with E-state index in [9.17, 15) is 14.9 Å². The second-order valence-corrected chi connectivity index (χ2v) is 6.49. The number of hydrogen-bond donors (Lipinski definition) is 1. The third-order valence-electron chi connectivity index (χ3n) is 4.24. The molecule has 1 aromatic rings. The van der Waals surface area contributed by atoms with Crippen molar-refractivity contribution in [1.29, 1.82) is 5.26 Å². The van der Waals surface area contributed by atoms with Crippen molar-refractivity contribution >= 4 is 11.9 Å². The second-order valence-electron chi connectivity index (χ2n) is 6.49. The minimum Gasteiger partial charge on any atom is -0.452 e. The smallest absolute Gasteiger partial charge is 0.339 e. The Labute approximate surface area is 136 Å². The van der Waals surface area contributed by atoms with Crippen LogP contribution in [0.25, 0.3) is 0 Å². The van der Waals surface area contributed by atoms with Crippen molar-refractivity contribution in [3.63, 3.8) is 0 Å². The first-order valence-electron chi connectivity index (χ1n) is 7.74. The van der Waals surface area contributed by atoms with Gasteiger partial charge in [-0.05, 0) is 57.6 Å². The molecular formula is C18H22N2O3. The molecule has 0 aliphatic heterocycles. The van der Waals surface area contributed by atoms with Gasteiger partial charge >= 0.3 is 5.97 Å². The molecule has 2 rings (SSSR count). The van der Waals surface area contributed by atoms with Crippen LogP contribution in [0.4, 0.5) is 0 Å². The lowest BCUT2D eigenvalue weighted by atomic mass is 9.98. The molecule has 0 aromatic heterocycles. The maximum Gasteiger partial charge on any atom is 0.339 e. The molecule has 0 radical (unpaired) electrons. The lowest BCUT2D eigenvalue weighted by Gasteiger charge is -2.22. The number of nitriles is 1. The fraction of sp³-hybridized carbons (Fsp3) is 0.500. The zero-order valence-corrected chi connectivity index (χ0v) is 14.0. The van der Waals surface area contributed by atoms with Gasteiger partial charge in [0.2, 0.25) is 0 Å². The summed E-state index contributed by atoms with van der Waals surface area (Å²) in [5, 5.41) is 11.9. The molecular weight excluding hydrogens is 292 g/mol. The van der Waals surface area contributed by atoms with E-state index in [4.69, 9.17) is 4.74 Å². The maximum atomic E-state index is 12.2. The predicted molar refractivity (Wildman–Crippen MR) is 85.8 cm³/mol. The van der Waals surface area contributed by atoms with Crippen molar-refractivity contribution in [1.82, 2.24) is 5.32 Å². The highest BCUT2D eigenvalue weighted by atomic mass is 16.5. The molecule has 1 N–H and O–H groups in total. The number of carbonyl (C=O) groups excluding carboxylic acids is 2. The molecule has 1 aromatic carbocycles. The lowest BCUT2D eigenvalue weighted by molar-refractivity contribution is -0.125. The normalized spacial score (nSPS) is 16.1. The summed E-state index contributed by atoms with van der Waals surface area (Å²) in [6.45, 7) is 6.98. The lowest BCUT2D eigenvalue weighted by Crippen LogP contribution is -2.48. The number of hydrogen-bond acceptors (Lipinski definition) is 4. The summed E-state index contributed by atoms with van der Waals surface area (Å²) in [4.78, 5) is 24.2. The van der Waals surface area contributed by atoms with E-state index in [1.165, 1.54) is 0 Å². The Balaban J connectivity index is 1.97. The summed E-state index contributed by atoms with van der Waals surface area (Å²) in [7, 11) is 0. The highest BCUT2D eigenvalue weighted by molar-refractivity contribution is 5.94. The SMILES string of the molecule is Cc1cc(C)c(C(=O)OCC(=O)N[C@](C)(C#N)C2CC2)c(C)c1. The average molecular weight is 314 g/mol. The maximum absolute atomic E-state index is 12.2. The number of ether oxygens (including phenoxy) is 1. The van der Waals surface area contributed by atoms with Gasteiger partial charge in [-0.2, -0.15) is 5.26 Å². The van der Waals surface area contributed by atoms with E-state index < -0.39 is 17.4 Å². The Morgan fingerprint density at radius 1 is 1.30 bits per heavy atom. The minimum atomic E-state index is -0.876. The van der Waals surface area contributed by atoms with Gasteiger partial charge in [-0.25, -0.2) is 4.79 Å². The summed E-state index contributed by atoms with van der Waals surface area (Å²) < 4.78 is 5.12. The molecule has 23 heavy (non-hydrogen) atoms. The summed E-state index contributed by atoms with van der Waals surface area (Å²) in [5.41, 5.74) is 2.34. The van der Waals surface area contributed by atoms with E-state index in [0.717, 1.165) is 29.5 Å². The Morgan fingerprint density at radius 3 is 2.35 bits per heavy atom. The van der Waals surface area contributed by atoms with Crippen LogP contribution in [-0.2, 0) is 9.53 Å². The highest BCUT2D eigenvalue weighted by Gasteiger charge is 2.43. The van der Waals surface area contributed by atoms with Crippen LogP contribution >= 0.6 is 0 Å². The highest BCUT2D eigenvalue weighted by Crippen LogP contribution is 2.39. The van der Waals surface area contributed by atoms with Crippen LogP contribution in [0, 0.1) is 38.0 Å². The molecule has 0 unspecified atom stereocenters. The number of nitrogens with one attached hydrogen (secondary N) is 1. The van der Waals surface area contributed by atoms with Crippen molar-refractivity contribution < 1.29 is 14.3 Å². The van der Waals surface area contributed by atoms with Crippen LogP contribution in [0.3, 0.4) is 0 Å². The third kappa shape index (κ3) is 3.89. The van der Waals surface area contributed by atoms with Gasteiger partial charge in [0.25, 0.3) is 5.91 Å². The second kappa shape index (κ2) is 6.41. The molecule has 1 aliphatic rings. The number of amides is 1. The number of aryl methyl sites for hydroxylation is 3. The monoisotopic (exact) mass is 314 g/mol. The summed E-state index contributed by atoms with van der Waals surface area (Å²) in [6, 6.07) is 5.96. The van der Waals surface area contributed by atoms with Gasteiger partial charge in [-0.3, -0.25) is 4.79 Å². The summed E-state index contributed by atoms with van der Waals surface area (Å²) in [6.07, 6.45) is 1.87. The standard InChI is InChI=1S/C18H22N2O3/c1-11-7-12(2)16(13(3)8-11)17(22)23-9-15(21)20-18(4,10-19)14-5-6-14/h7-8,14H,5-6,9H2,1-4H3,(H,20,21)/t18-/m1/s1. The Morgan fingerprint density at radius 2 is 1.87 bits per heavy atom. The molecule has 0 heterocycles. The Bertz CT molecular complexity index is 663. The van der Waals surface area contributed by atoms with E-state index in [-0.39, 0.29) is 12.5 Å². The van der Waals surface area contributed by atoms with Crippen LogP contribution in [0.15, 0.2) is 12.1 Å². The average Bonchev–Trinajstić information content (AvgIpc) is 3.28. The van der Waals surface area contributed by atoms with Crippen LogP contribution in [0.1, 0.15) is 46.8 Å². The summed E-state index contributed by atoms with van der Waals surface area (Å²) in [5.74, 6) is -0.773. The largest absolute Gasteiger partial charge is 0.452 e. The topological polar surface area (TPSA) is 79.2 Å². The van der Waals surface area contributed by atoms with Crippen LogP contribution in [-0.4, -0.2) is 24.0 Å². The van der Waals surface area contributed by atoms with E-state index in [1.54, 1.807) is 6.92 Å². The van der Waals surface area contributed by atoms with Crippen molar-refractivity contribution in [2.45, 2.75) is 46.1 Å². The minimum absolute atomic E-state index is 0.189. The first kappa shape index (κ1) is 17.0. The number of carbonyl (C=O) groups is 2. The van der Waals surface area contributed by atoms with Gasteiger partial charge in [0.05, 0.1) is 11.6 Å². The van der Waals surface area contributed by atoms with E-state index in [0.29, 0.717) is 5.56 Å². The molecule has 0 bridgehead atoms. The first-order chi connectivity index (χ1) is 10.8. The molecule has 1 fully saturated rings. The van der Waals surface area contributed by atoms with E-state index in [2.05, 4.69) is 11.4 Å². The van der Waals surface area contributed by atoms with Crippen molar-refractivity contribution in [3.05, 3.63) is 34.4 Å². The van der Waals surface area contributed by atoms with Crippen molar-refractivity contribution in [3.8, 4) is 6.07 Å². The fourth-order valence-corrected chi connectivity index (χ4v) is 2.91. The van der Waals surface area contributed by atoms with Gasteiger partial charge in [-0.15, -0.1) is 0 Å². The van der Waals surface area contributed by atoms with Gasteiger partial charge in [-0.1, -0.05) is 17.7 Å². The number of benzene rings is 1. The zero-order valence-electron chi connectivity index (χ0n) is 14.0. The van der Waals surface area contributed by atoms with Gasteiger partial charge in [0.1, 0.15) is 5.54 Å². The predicted octanol–water partition coefficient (Wildman–Crippen LogP) is 2.58. The molecule has 0 spiro atoms. The van der Waals surface area contributed by atoms with Crippen LogP contribution in [0.5, 0.6) is 0 Å². The molecule has 1 amide bonds. The quantitative estimate of drug-likeness (QED) is 0.847. The Kier molecular flexibility index (Phi) is 4.74. The van der Waals surface area contributed by atoms with Gasteiger partial charge in [0, 0.05) is 0 Å². The molecule has 1 atom stereocenters. The van der Waals surface area contributed by atoms with Crippen LogP contribution < -0.4 is 5.32 Å². The van der Waals surface area contributed by atoms with E-state index in [1.807, 2.05) is 32.9 Å². The van der Waals surface area contributed by atoms with Crippen molar-refractivity contribution in [2.75, 3.05) is 6.61 Å². The third-order valence-corrected chi connectivity index (χ3v) is 4.24. The zero-order chi connectivity index (χ0) is 17.2. The Hall–Kier alpha value is -2.35. The van der Waals surface area contributed by atoms with Gasteiger partial charge in [0.15, 0.2) is 6.61 Å². The van der Waals surface area contributed by atoms with Crippen LogP contribution in [0.2, 0.25) is 0 Å². The molecule has 5 heteroatoms. The molecule has 0 saturated heterocycles. The molecule has 1 saturated carbocycles.